The first-order chi connectivity index (χ1) is 14.7. The molecule has 1 aromatic carbocycles. The van der Waals surface area contributed by atoms with Crippen molar-refractivity contribution in [1.82, 2.24) is 15.2 Å². The van der Waals surface area contributed by atoms with E-state index in [1.165, 1.54) is 12.8 Å². The molecule has 30 heavy (non-hydrogen) atoms. The van der Waals surface area contributed by atoms with Gasteiger partial charge in [0.1, 0.15) is 5.69 Å². The van der Waals surface area contributed by atoms with Crippen molar-refractivity contribution in [1.29, 1.82) is 0 Å². The lowest BCUT2D eigenvalue weighted by atomic mass is 9.77. The van der Waals surface area contributed by atoms with Crippen LogP contribution < -0.4 is 5.32 Å². The van der Waals surface area contributed by atoms with Crippen molar-refractivity contribution in [2.24, 2.45) is 17.8 Å². The second kappa shape index (κ2) is 8.61. The Morgan fingerprint density at radius 3 is 2.70 bits per heavy atom. The largest absolute Gasteiger partial charge is 0.395 e. The molecule has 3 fully saturated rings. The van der Waals surface area contributed by atoms with Gasteiger partial charge in [-0.25, -0.2) is 0 Å². The fraction of sp³-hybridized carbons (Fsp3) is 0.583. The fourth-order valence-corrected chi connectivity index (χ4v) is 5.16. The predicted octanol–water partition coefficient (Wildman–Crippen LogP) is 2.46. The zero-order chi connectivity index (χ0) is 20.5. The number of nitrogens with one attached hydrogen (secondary N) is 1. The van der Waals surface area contributed by atoms with Crippen LogP contribution in [0.25, 0.3) is 10.8 Å². The normalized spacial score (nSPS) is 29.1. The smallest absolute Gasteiger partial charge is 0.270 e. The molecule has 4 atom stereocenters. The number of nitrogens with zero attached hydrogens (tertiary/aromatic N) is 2. The van der Waals surface area contributed by atoms with Gasteiger partial charge in [0.2, 0.25) is 0 Å². The van der Waals surface area contributed by atoms with Crippen molar-refractivity contribution < 1.29 is 14.6 Å². The van der Waals surface area contributed by atoms with Crippen LogP contribution in [-0.2, 0) is 4.74 Å². The number of ether oxygens (including phenoxy) is 1. The van der Waals surface area contributed by atoms with Gasteiger partial charge in [-0.1, -0.05) is 24.3 Å². The number of rotatable bonds is 7. The molecule has 2 aliphatic carbocycles. The molecule has 1 amide bonds. The molecule has 160 valence electrons. The van der Waals surface area contributed by atoms with Gasteiger partial charge in [0.05, 0.1) is 18.8 Å². The van der Waals surface area contributed by atoms with Crippen molar-refractivity contribution in [3.63, 3.8) is 0 Å². The minimum absolute atomic E-state index is 0.0137. The minimum atomic E-state index is -0.116. The van der Waals surface area contributed by atoms with Crippen molar-refractivity contribution in [2.45, 2.75) is 37.8 Å². The molecule has 0 spiro atoms. The third-order valence-corrected chi connectivity index (χ3v) is 7.03. The lowest BCUT2D eigenvalue weighted by molar-refractivity contribution is -0.0212. The summed E-state index contributed by atoms with van der Waals surface area (Å²) in [6, 6.07) is 9.85. The zero-order valence-corrected chi connectivity index (χ0v) is 17.4. The second-order valence-corrected chi connectivity index (χ2v) is 9.29. The van der Waals surface area contributed by atoms with Gasteiger partial charge in [-0.2, -0.15) is 0 Å². The molecule has 5 rings (SSSR count). The van der Waals surface area contributed by atoms with E-state index in [0.29, 0.717) is 23.4 Å². The van der Waals surface area contributed by atoms with Crippen LogP contribution in [0.3, 0.4) is 0 Å². The molecule has 0 unspecified atom stereocenters. The molecule has 0 radical (unpaired) electrons. The molecule has 1 saturated heterocycles. The first kappa shape index (κ1) is 19.9. The second-order valence-electron chi connectivity index (χ2n) is 9.29. The number of β-amino-alcohol motifs (C(OH)–C–C–N with tert-alkyl or cyclic N) is 1. The summed E-state index contributed by atoms with van der Waals surface area (Å²) in [5, 5.41) is 14.6. The number of aliphatic hydroxyl groups excluding tert-OH is 1. The van der Waals surface area contributed by atoms with Gasteiger partial charge in [0.15, 0.2) is 0 Å². The summed E-state index contributed by atoms with van der Waals surface area (Å²) in [7, 11) is 0. The van der Waals surface area contributed by atoms with E-state index in [1.807, 2.05) is 30.3 Å². The quantitative estimate of drug-likeness (QED) is 0.735. The maximum Gasteiger partial charge on any atom is 0.270 e. The third-order valence-electron chi connectivity index (χ3n) is 7.03. The van der Waals surface area contributed by atoms with Crippen molar-refractivity contribution in [2.75, 3.05) is 32.8 Å². The minimum Gasteiger partial charge on any atom is -0.395 e. The molecule has 6 heteroatoms. The average Bonchev–Trinajstić information content (AvgIpc) is 3.51. The molecular weight excluding hydrogens is 378 g/mol. The SMILES string of the molecule is O=C(N[C@H]1C[C@H]2CN(CCO)C[C@H]2C[C@@H]1OCC1CC1)c1cc2ccccc2cn1. The molecule has 3 aliphatic rings. The topological polar surface area (TPSA) is 74.7 Å². The van der Waals surface area contributed by atoms with Crippen molar-refractivity contribution >= 4 is 16.7 Å². The van der Waals surface area contributed by atoms with Gasteiger partial charge in [0, 0.05) is 37.8 Å². The summed E-state index contributed by atoms with van der Waals surface area (Å²) in [5.74, 6) is 1.73. The summed E-state index contributed by atoms with van der Waals surface area (Å²) in [6.45, 7) is 3.78. The van der Waals surface area contributed by atoms with Gasteiger partial charge in [-0.15, -0.1) is 0 Å². The summed E-state index contributed by atoms with van der Waals surface area (Å²) < 4.78 is 6.33. The number of aliphatic hydroxyl groups is 1. The number of hydrogen-bond acceptors (Lipinski definition) is 5. The Kier molecular flexibility index (Phi) is 5.72. The highest BCUT2D eigenvalue weighted by atomic mass is 16.5. The van der Waals surface area contributed by atoms with E-state index in [-0.39, 0.29) is 24.7 Å². The van der Waals surface area contributed by atoms with E-state index < -0.39 is 0 Å². The third kappa shape index (κ3) is 4.36. The van der Waals surface area contributed by atoms with E-state index in [0.717, 1.165) is 49.9 Å². The Labute approximate surface area is 177 Å². The molecule has 2 aromatic rings. The molecule has 2 saturated carbocycles. The maximum absolute atomic E-state index is 13.0. The summed E-state index contributed by atoms with van der Waals surface area (Å²) in [6.07, 6.45) is 6.27. The molecule has 1 aliphatic heterocycles. The molecule has 1 aromatic heterocycles. The number of likely N-dealkylation sites (tertiary alicyclic amines) is 1. The van der Waals surface area contributed by atoms with Gasteiger partial charge < -0.3 is 20.1 Å². The number of carbonyl (C=O) groups is 1. The van der Waals surface area contributed by atoms with Gasteiger partial charge in [-0.3, -0.25) is 9.78 Å². The summed E-state index contributed by atoms with van der Waals surface area (Å²) in [5.41, 5.74) is 0.463. The molecular formula is C24H31N3O3. The number of pyridine rings is 1. The van der Waals surface area contributed by atoms with Gasteiger partial charge in [-0.05, 0) is 54.9 Å². The van der Waals surface area contributed by atoms with E-state index in [4.69, 9.17) is 4.74 Å². The van der Waals surface area contributed by atoms with Gasteiger partial charge >= 0.3 is 0 Å². The Balaban J connectivity index is 1.29. The number of carbonyl (C=O) groups excluding carboxylic acids is 1. The molecule has 0 bridgehead atoms. The average molecular weight is 410 g/mol. The fourth-order valence-electron chi connectivity index (χ4n) is 5.16. The zero-order valence-electron chi connectivity index (χ0n) is 17.4. The van der Waals surface area contributed by atoms with E-state index >= 15 is 0 Å². The highest BCUT2D eigenvalue weighted by Gasteiger charge is 2.43. The lowest BCUT2D eigenvalue weighted by Gasteiger charge is -2.38. The highest BCUT2D eigenvalue weighted by molar-refractivity contribution is 5.96. The van der Waals surface area contributed by atoms with E-state index in [1.54, 1.807) is 6.20 Å². The first-order valence-electron chi connectivity index (χ1n) is 11.3. The van der Waals surface area contributed by atoms with Crippen LogP contribution in [0.15, 0.2) is 36.5 Å². The maximum atomic E-state index is 13.0. The molecule has 6 nitrogen and oxygen atoms in total. The lowest BCUT2D eigenvalue weighted by Crippen LogP contribution is -2.50. The van der Waals surface area contributed by atoms with Gasteiger partial charge in [0.25, 0.3) is 5.91 Å². The Morgan fingerprint density at radius 2 is 1.93 bits per heavy atom. The van der Waals surface area contributed by atoms with Crippen LogP contribution in [0.1, 0.15) is 36.2 Å². The summed E-state index contributed by atoms with van der Waals surface area (Å²) in [4.78, 5) is 19.8. The Bertz CT molecular complexity index is 900. The Hall–Kier alpha value is -2.02. The Morgan fingerprint density at radius 1 is 1.17 bits per heavy atom. The molecule has 2 N–H and O–H groups in total. The number of amides is 1. The van der Waals surface area contributed by atoms with Crippen LogP contribution in [-0.4, -0.2) is 65.9 Å². The van der Waals surface area contributed by atoms with Crippen LogP contribution in [0.4, 0.5) is 0 Å². The van der Waals surface area contributed by atoms with Crippen molar-refractivity contribution in [3.8, 4) is 0 Å². The first-order valence-corrected chi connectivity index (χ1v) is 11.3. The number of hydrogen-bond donors (Lipinski definition) is 2. The van der Waals surface area contributed by atoms with Crippen LogP contribution >= 0.6 is 0 Å². The summed E-state index contributed by atoms with van der Waals surface area (Å²) >= 11 is 0. The number of fused-ring (bicyclic) bond motifs is 2. The highest BCUT2D eigenvalue weighted by Crippen LogP contribution is 2.39. The van der Waals surface area contributed by atoms with E-state index in [9.17, 15) is 9.90 Å². The van der Waals surface area contributed by atoms with E-state index in [2.05, 4.69) is 15.2 Å². The van der Waals surface area contributed by atoms with Crippen LogP contribution in [0.5, 0.6) is 0 Å². The molecule has 2 heterocycles. The standard InChI is InChI=1S/C24H31N3O3/c28-8-7-27-13-19-10-21(23(11-20(19)14-27)30-15-16-5-6-16)26-24(29)22-9-17-3-1-2-4-18(17)12-25-22/h1-4,9,12,16,19-21,23,28H,5-8,10-11,13-15H2,(H,26,29)/t19-,20+,21-,23-/m0/s1. The predicted molar refractivity (Wildman–Crippen MR) is 115 cm³/mol. The van der Waals surface area contributed by atoms with Crippen LogP contribution in [0.2, 0.25) is 0 Å². The number of aromatic nitrogens is 1. The number of benzene rings is 1. The van der Waals surface area contributed by atoms with Crippen LogP contribution in [0, 0.1) is 17.8 Å². The van der Waals surface area contributed by atoms with Crippen molar-refractivity contribution in [3.05, 3.63) is 42.2 Å². The monoisotopic (exact) mass is 409 g/mol.